The highest BCUT2D eigenvalue weighted by Gasteiger charge is 2.09. The molecule has 0 saturated carbocycles. The van der Waals surface area contributed by atoms with E-state index in [9.17, 15) is 14.8 Å². The van der Waals surface area contributed by atoms with Gasteiger partial charge in [-0.3, -0.25) is 4.79 Å². The molecular weight excluding hydrogens is 286 g/mol. The third-order valence-corrected chi connectivity index (χ3v) is 2.22. The zero-order valence-corrected chi connectivity index (χ0v) is 12.4. The number of carboxylic acid groups (broad SMARTS) is 1. The number of nitrogens with zero attached hydrogens (tertiary/aromatic N) is 3. The van der Waals surface area contributed by atoms with Crippen molar-refractivity contribution in [1.29, 1.82) is 0 Å². The lowest BCUT2D eigenvalue weighted by atomic mass is 10.1. The number of ether oxygens (including phenoxy) is 2. The summed E-state index contributed by atoms with van der Waals surface area (Å²) in [7, 11) is 1.54. The van der Waals surface area contributed by atoms with Crippen molar-refractivity contribution < 1.29 is 34.0 Å². The van der Waals surface area contributed by atoms with E-state index in [0.29, 0.717) is 12.5 Å². The molecule has 0 bridgehead atoms. The van der Waals surface area contributed by atoms with Crippen LogP contribution in [-0.4, -0.2) is 54.2 Å². The molecule has 0 aromatic heterocycles. The normalized spacial score (nSPS) is 11.1. The van der Waals surface area contributed by atoms with Gasteiger partial charge in [0.2, 0.25) is 5.28 Å². The lowest BCUT2D eigenvalue weighted by Crippen LogP contribution is -2.28. The van der Waals surface area contributed by atoms with E-state index in [2.05, 4.69) is 19.6 Å². The van der Waals surface area contributed by atoms with Gasteiger partial charge in [-0.2, -0.15) is 0 Å². The third kappa shape index (κ3) is 11.3. The summed E-state index contributed by atoms with van der Waals surface area (Å²) >= 11 is 0. The van der Waals surface area contributed by atoms with Crippen LogP contribution in [0.25, 0.3) is 0 Å². The fourth-order valence-corrected chi connectivity index (χ4v) is 1.00. The first kappa shape index (κ1) is 18.7. The van der Waals surface area contributed by atoms with E-state index in [-0.39, 0.29) is 18.0 Å². The maximum Gasteiger partial charge on any atom is 0.511 e. The molecule has 0 rings (SSSR count). The second kappa shape index (κ2) is 10.5. The number of hydrazine groups is 1. The van der Waals surface area contributed by atoms with Gasteiger partial charge in [0, 0.05) is 0 Å². The summed E-state index contributed by atoms with van der Waals surface area (Å²) in [5.41, 5.74) is 0. The molecular formula is C11H21N3O7. The predicted molar refractivity (Wildman–Crippen MR) is 68.8 cm³/mol. The van der Waals surface area contributed by atoms with Gasteiger partial charge < -0.3 is 24.6 Å². The quantitative estimate of drug-likeness (QED) is 0.160. The second-order valence-corrected chi connectivity index (χ2v) is 4.53. The van der Waals surface area contributed by atoms with Crippen LogP contribution in [0.2, 0.25) is 0 Å². The number of rotatable bonds is 10. The molecule has 21 heavy (non-hydrogen) atoms. The van der Waals surface area contributed by atoms with Crippen molar-refractivity contribution in [2.75, 3.05) is 27.0 Å². The van der Waals surface area contributed by atoms with Gasteiger partial charge in [0.25, 0.3) is 6.79 Å². The highest BCUT2D eigenvalue weighted by molar-refractivity contribution is 5.67. The molecule has 122 valence electrons. The Morgan fingerprint density at radius 2 is 2.05 bits per heavy atom. The average molecular weight is 307 g/mol. The first-order valence-electron chi connectivity index (χ1n) is 6.35. The largest absolute Gasteiger partial charge is 0.569 e. The summed E-state index contributed by atoms with van der Waals surface area (Å²) < 4.78 is 8.80. The van der Waals surface area contributed by atoms with E-state index in [1.165, 1.54) is 5.01 Å². The third-order valence-electron chi connectivity index (χ3n) is 2.22. The Morgan fingerprint density at radius 1 is 1.38 bits per heavy atom. The molecule has 0 spiro atoms. The van der Waals surface area contributed by atoms with Crippen LogP contribution in [0.15, 0.2) is 5.28 Å². The molecule has 0 heterocycles. The van der Waals surface area contributed by atoms with Gasteiger partial charge in [-0.05, 0) is 12.3 Å². The maximum atomic E-state index is 11.4. The SMILES string of the molecule is CC(C)CCN(C)[N+]([O-])=NOCOC(=O)OCCC(=O)O. The number of carboxylic acids is 1. The molecule has 0 aromatic rings. The molecule has 0 radical (unpaired) electrons. The number of carbonyl (C=O) groups excluding carboxylic acids is 1. The van der Waals surface area contributed by atoms with E-state index >= 15 is 0 Å². The second-order valence-electron chi connectivity index (χ2n) is 4.53. The Hall–Kier alpha value is -2.26. The van der Waals surface area contributed by atoms with Crippen molar-refractivity contribution in [3.8, 4) is 0 Å². The molecule has 0 saturated heterocycles. The van der Waals surface area contributed by atoms with E-state index in [0.717, 1.165) is 6.42 Å². The summed E-state index contributed by atoms with van der Waals surface area (Å²) in [4.78, 5) is 25.8. The van der Waals surface area contributed by atoms with Gasteiger partial charge in [-0.1, -0.05) is 13.8 Å². The molecule has 0 unspecified atom stereocenters. The minimum absolute atomic E-state index is 0.238. The van der Waals surface area contributed by atoms with Crippen molar-refractivity contribution in [2.24, 2.45) is 11.2 Å². The Bertz CT molecular complexity index is 360. The van der Waals surface area contributed by atoms with Gasteiger partial charge in [-0.25, -0.2) is 4.79 Å². The molecule has 10 heteroatoms. The minimum atomic E-state index is -1.10. The molecule has 0 aliphatic rings. The first-order chi connectivity index (χ1) is 9.82. The van der Waals surface area contributed by atoms with Crippen LogP contribution in [0.3, 0.4) is 0 Å². The Labute approximate surface area is 122 Å². The fraction of sp³-hybridized carbons (Fsp3) is 0.818. The van der Waals surface area contributed by atoms with Crippen molar-refractivity contribution in [2.45, 2.75) is 26.7 Å². The van der Waals surface area contributed by atoms with Crippen molar-refractivity contribution in [1.82, 2.24) is 5.01 Å². The molecule has 10 nitrogen and oxygen atoms in total. The smallest absolute Gasteiger partial charge is 0.511 e. The van der Waals surface area contributed by atoms with Crippen LogP contribution in [0, 0.1) is 11.1 Å². The van der Waals surface area contributed by atoms with E-state index in [1.54, 1.807) is 7.05 Å². The minimum Gasteiger partial charge on any atom is -0.569 e. The van der Waals surface area contributed by atoms with Crippen LogP contribution in [0.5, 0.6) is 0 Å². The molecule has 0 aliphatic carbocycles. The van der Waals surface area contributed by atoms with E-state index < -0.39 is 18.9 Å². The molecule has 0 atom stereocenters. The van der Waals surface area contributed by atoms with Crippen molar-refractivity contribution >= 4 is 12.1 Å². The van der Waals surface area contributed by atoms with E-state index in [1.807, 2.05) is 13.8 Å². The summed E-state index contributed by atoms with van der Waals surface area (Å²) in [6, 6.07) is 0. The lowest BCUT2D eigenvalue weighted by molar-refractivity contribution is -0.706. The van der Waals surface area contributed by atoms with Gasteiger partial charge in [0.1, 0.15) is 6.61 Å². The van der Waals surface area contributed by atoms with Crippen LogP contribution < -0.4 is 0 Å². The summed E-state index contributed by atoms with van der Waals surface area (Å²) in [6.07, 6.45) is -0.607. The standard InChI is InChI=1S/C11H21N3O7/c1-9(2)4-6-13(3)14(18)12-21-8-20-11(17)19-7-5-10(15)16/h9H,4-8H2,1-3H3,(H,15,16). The summed E-state index contributed by atoms with van der Waals surface area (Å²) in [5.74, 6) is -0.647. The molecule has 0 amide bonds. The molecule has 0 aliphatic heterocycles. The van der Waals surface area contributed by atoms with Crippen LogP contribution in [0.1, 0.15) is 26.7 Å². The monoisotopic (exact) mass is 307 g/mol. The van der Waals surface area contributed by atoms with Gasteiger partial charge in [-0.15, -0.1) is 5.01 Å². The Kier molecular flexibility index (Phi) is 9.39. The maximum absolute atomic E-state index is 11.4. The highest BCUT2D eigenvalue weighted by Crippen LogP contribution is 2.01. The van der Waals surface area contributed by atoms with Gasteiger partial charge in [0.05, 0.1) is 25.0 Å². The van der Waals surface area contributed by atoms with Crippen molar-refractivity contribution in [3.63, 3.8) is 0 Å². The topological polar surface area (TPSA) is 124 Å². The number of carbonyl (C=O) groups is 2. The Morgan fingerprint density at radius 3 is 2.62 bits per heavy atom. The fourth-order valence-electron chi connectivity index (χ4n) is 1.00. The van der Waals surface area contributed by atoms with Gasteiger partial charge in [0.15, 0.2) is 0 Å². The van der Waals surface area contributed by atoms with Crippen LogP contribution >= 0.6 is 0 Å². The van der Waals surface area contributed by atoms with Crippen LogP contribution in [0.4, 0.5) is 4.79 Å². The highest BCUT2D eigenvalue weighted by atomic mass is 16.8. The van der Waals surface area contributed by atoms with Crippen molar-refractivity contribution in [3.05, 3.63) is 5.21 Å². The lowest BCUT2D eigenvalue weighted by Gasteiger charge is -2.13. The first-order valence-corrected chi connectivity index (χ1v) is 6.35. The molecule has 0 fully saturated rings. The van der Waals surface area contributed by atoms with Crippen LogP contribution in [-0.2, 0) is 19.1 Å². The average Bonchev–Trinajstić information content (AvgIpc) is 2.40. The molecule has 0 aromatic carbocycles. The zero-order valence-electron chi connectivity index (χ0n) is 12.4. The van der Waals surface area contributed by atoms with Gasteiger partial charge >= 0.3 is 12.1 Å². The number of aliphatic carboxylic acids is 1. The van der Waals surface area contributed by atoms with E-state index in [4.69, 9.17) is 5.11 Å². The number of hydrogen-bond acceptors (Lipinski definition) is 7. The zero-order chi connectivity index (χ0) is 16.3. The Balaban J connectivity index is 3.78. The predicted octanol–water partition coefficient (Wildman–Crippen LogP) is 1.36. The summed E-state index contributed by atoms with van der Waals surface area (Å²) in [6.45, 7) is 3.65. The number of hydrogen-bond donors (Lipinski definition) is 1. The summed E-state index contributed by atoms with van der Waals surface area (Å²) in [5, 5.41) is 24.1. The molecule has 1 N–H and O–H groups in total.